The number of fused-ring (bicyclic) bond motifs is 1. The molecule has 2 aliphatic rings. The fourth-order valence-corrected chi connectivity index (χ4v) is 3.79. The van der Waals surface area contributed by atoms with Crippen molar-refractivity contribution < 1.29 is 4.39 Å². The van der Waals surface area contributed by atoms with Crippen molar-refractivity contribution in [1.82, 2.24) is 14.9 Å². The van der Waals surface area contributed by atoms with Crippen LogP contribution in [0.4, 0.5) is 16.0 Å². The van der Waals surface area contributed by atoms with Gasteiger partial charge in [-0.25, -0.2) is 14.4 Å². The Balaban J connectivity index is 1.46. The number of aromatic nitrogens is 2. The molecule has 0 saturated carbocycles. The lowest BCUT2D eigenvalue weighted by molar-refractivity contribution is 0.189. The molecule has 4 rings (SSSR count). The first kappa shape index (κ1) is 16.2. The predicted octanol–water partition coefficient (Wildman–Crippen LogP) is 1.41. The zero-order valence-electron chi connectivity index (χ0n) is 14.2. The van der Waals surface area contributed by atoms with Crippen molar-refractivity contribution >= 4 is 11.6 Å². The highest BCUT2D eigenvalue weighted by Crippen LogP contribution is 2.29. The third-order valence-corrected chi connectivity index (χ3v) is 5.12. The largest absolute Gasteiger partial charge is 0.369 e. The van der Waals surface area contributed by atoms with Crippen molar-refractivity contribution in [3.63, 3.8) is 0 Å². The predicted molar refractivity (Wildman–Crippen MR) is 96.2 cm³/mol. The summed E-state index contributed by atoms with van der Waals surface area (Å²) < 4.78 is 13.2. The Bertz CT molecular complexity index is 727. The molecule has 1 saturated heterocycles. The third kappa shape index (κ3) is 3.17. The van der Waals surface area contributed by atoms with E-state index in [1.165, 1.54) is 17.7 Å². The summed E-state index contributed by atoms with van der Waals surface area (Å²) in [4.78, 5) is 13.5. The van der Waals surface area contributed by atoms with Gasteiger partial charge in [0.1, 0.15) is 23.8 Å². The summed E-state index contributed by atoms with van der Waals surface area (Å²) in [5.74, 6) is 1.81. The fourth-order valence-electron chi connectivity index (χ4n) is 3.79. The molecule has 7 heteroatoms. The Morgan fingerprint density at radius 2 is 1.88 bits per heavy atom. The van der Waals surface area contributed by atoms with Crippen LogP contribution < -0.4 is 16.0 Å². The van der Waals surface area contributed by atoms with E-state index in [-0.39, 0.29) is 11.9 Å². The van der Waals surface area contributed by atoms with Gasteiger partial charge < -0.3 is 16.0 Å². The van der Waals surface area contributed by atoms with E-state index in [2.05, 4.69) is 25.1 Å². The minimum Gasteiger partial charge on any atom is -0.369 e. The fraction of sp³-hybridized carbons (Fsp3) is 0.444. The standard InChI is InChI=1S/C18H23FN6/c19-14-3-1-13(2-4-14)16(11-20)24-7-9-25(10-8-24)18-15-5-6-21-17(15)22-12-23-18/h1-4,12,16H,5-11,20H2,(H,21,22,23). The van der Waals surface area contributed by atoms with Gasteiger partial charge in [-0.2, -0.15) is 0 Å². The van der Waals surface area contributed by atoms with Gasteiger partial charge in [-0.1, -0.05) is 12.1 Å². The first-order valence-corrected chi connectivity index (χ1v) is 8.78. The van der Waals surface area contributed by atoms with E-state index in [0.717, 1.165) is 56.3 Å². The highest BCUT2D eigenvalue weighted by atomic mass is 19.1. The van der Waals surface area contributed by atoms with Crippen LogP contribution in [0.25, 0.3) is 0 Å². The Morgan fingerprint density at radius 1 is 1.12 bits per heavy atom. The zero-order chi connectivity index (χ0) is 17.2. The monoisotopic (exact) mass is 342 g/mol. The molecule has 3 N–H and O–H groups in total. The molecular formula is C18H23FN6. The number of nitrogens with two attached hydrogens (primary N) is 1. The van der Waals surface area contributed by atoms with Crippen LogP contribution in [0.15, 0.2) is 30.6 Å². The summed E-state index contributed by atoms with van der Waals surface area (Å²) in [6.45, 7) is 5.08. The first-order valence-electron chi connectivity index (χ1n) is 8.78. The zero-order valence-corrected chi connectivity index (χ0v) is 14.2. The van der Waals surface area contributed by atoms with Crippen molar-refractivity contribution in [3.05, 3.63) is 47.5 Å². The van der Waals surface area contributed by atoms with E-state index >= 15 is 0 Å². The van der Waals surface area contributed by atoms with Gasteiger partial charge in [-0.15, -0.1) is 0 Å². The number of anilines is 2. The van der Waals surface area contributed by atoms with Gasteiger partial charge in [0, 0.05) is 50.9 Å². The van der Waals surface area contributed by atoms with Crippen molar-refractivity contribution in [1.29, 1.82) is 0 Å². The van der Waals surface area contributed by atoms with E-state index in [9.17, 15) is 4.39 Å². The Kier molecular flexibility index (Phi) is 4.50. The van der Waals surface area contributed by atoms with Gasteiger partial charge in [0.25, 0.3) is 0 Å². The molecule has 0 radical (unpaired) electrons. The second-order valence-corrected chi connectivity index (χ2v) is 6.53. The highest BCUT2D eigenvalue weighted by molar-refractivity contribution is 5.62. The molecule has 1 aromatic heterocycles. The lowest BCUT2D eigenvalue weighted by atomic mass is 10.0. The maximum Gasteiger partial charge on any atom is 0.137 e. The number of hydrogen-bond donors (Lipinski definition) is 2. The molecule has 2 aliphatic heterocycles. The van der Waals surface area contributed by atoms with Crippen LogP contribution in [-0.2, 0) is 6.42 Å². The smallest absolute Gasteiger partial charge is 0.137 e. The van der Waals surface area contributed by atoms with E-state index < -0.39 is 0 Å². The number of hydrogen-bond acceptors (Lipinski definition) is 6. The molecule has 1 aromatic carbocycles. The molecule has 0 aliphatic carbocycles. The summed E-state index contributed by atoms with van der Waals surface area (Å²) in [5.41, 5.74) is 8.32. The van der Waals surface area contributed by atoms with Crippen molar-refractivity contribution in [3.8, 4) is 0 Å². The molecule has 2 aromatic rings. The second-order valence-electron chi connectivity index (χ2n) is 6.53. The van der Waals surface area contributed by atoms with Gasteiger partial charge in [-0.05, 0) is 24.1 Å². The molecule has 6 nitrogen and oxygen atoms in total. The molecule has 1 unspecified atom stereocenters. The number of benzene rings is 1. The molecule has 25 heavy (non-hydrogen) atoms. The lowest BCUT2D eigenvalue weighted by Gasteiger charge is -2.40. The second kappa shape index (κ2) is 6.93. The van der Waals surface area contributed by atoms with Crippen molar-refractivity contribution in [2.24, 2.45) is 5.73 Å². The normalized spacial score (nSPS) is 18.7. The summed E-state index contributed by atoms with van der Waals surface area (Å²) in [7, 11) is 0. The van der Waals surface area contributed by atoms with Crippen LogP contribution in [0.3, 0.4) is 0 Å². The Hall–Kier alpha value is -2.25. The lowest BCUT2D eigenvalue weighted by Crippen LogP contribution is -2.49. The number of halogens is 1. The maximum atomic E-state index is 13.2. The van der Waals surface area contributed by atoms with E-state index in [4.69, 9.17) is 5.73 Å². The molecule has 0 amide bonds. The molecule has 1 fully saturated rings. The Labute approximate surface area is 146 Å². The maximum absolute atomic E-state index is 13.2. The number of rotatable bonds is 4. The van der Waals surface area contributed by atoms with Crippen LogP contribution in [-0.4, -0.2) is 54.1 Å². The van der Waals surface area contributed by atoms with Gasteiger partial charge >= 0.3 is 0 Å². The number of nitrogens with one attached hydrogen (secondary N) is 1. The summed E-state index contributed by atoms with van der Waals surface area (Å²) in [6, 6.07) is 6.81. The summed E-state index contributed by atoms with van der Waals surface area (Å²) >= 11 is 0. The van der Waals surface area contributed by atoms with Crippen LogP contribution in [0.2, 0.25) is 0 Å². The molecule has 3 heterocycles. The summed E-state index contributed by atoms with van der Waals surface area (Å²) in [6.07, 6.45) is 2.62. The average Bonchev–Trinajstić information content (AvgIpc) is 3.13. The number of piperazine rings is 1. The molecule has 132 valence electrons. The van der Waals surface area contributed by atoms with E-state index in [0.29, 0.717) is 6.54 Å². The van der Waals surface area contributed by atoms with Crippen molar-refractivity contribution in [2.45, 2.75) is 12.5 Å². The average molecular weight is 342 g/mol. The minimum absolute atomic E-state index is 0.125. The Morgan fingerprint density at radius 3 is 2.60 bits per heavy atom. The van der Waals surface area contributed by atoms with Crippen LogP contribution in [0, 0.1) is 5.82 Å². The molecule has 0 spiro atoms. The SMILES string of the molecule is NCC(c1ccc(F)cc1)N1CCN(c2ncnc3c2CCN3)CC1. The van der Waals surface area contributed by atoms with Crippen LogP contribution in [0.1, 0.15) is 17.2 Å². The third-order valence-electron chi connectivity index (χ3n) is 5.12. The van der Waals surface area contributed by atoms with Gasteiger partial charge in [0.05, 0.1) is 0 Å². The summed E-state index contributed by atoms with van der Waals surface area (Å²) in [5, 5.41) is 3.31. The van der Waals surface area contributed by atoms with Crippen molar-refractivity contribution in [2.75, 3.05) is 49.5 Å². The van der Waals surface area contributed by atoms with Gasteiger partial charge in [-0.3, -0.25) is 4.90 Å². The van der Waals surface area contributed by atoms with Gasteiger partial charge in [0.15, 0.2) is 0 Å². The van der Waals surface area contributed by atoms with Crippen LogP contribution >= 0.6 is 0 Å². The molecular weight excluding hydrogens is 319 g/mol. The van der Waals surface area contributed by atoms with E-state index in [1.54, 1.807) is 6.33 Å². The quantitative estimate of drug-likeness (QED) is 0.875. The topological polar surface area (TPSA) is 70.3 Å². The number of nitrogens with zero attached hydrogens (tertiary/aromatic N) is 4. The first-order chi connectivity index (χ1) is 12.3. The minimum atomic E-state index is -0.212. The van der Waals surface area contributed by atoms with E-state index in [1.807, 2.05) is 12.1 Å². The van der Waals surface area contributed by atoms with Gasteiger partial charge in [0.2, 0.25) is 0 Å². The molecule has 0 bridgehead atoms. The van der Waals surface area contributed by atoms with Crippen LogP contribution in [0.5, 0.6) is 0 Å². The highest BCUT2D eigenvalue weighted by Gasteiger charge is 2.27. The molecule has 1 atom stereocenters.